The molecule has 2 saturated heterocycles. The molecule has 0 saturated carbocycles. The van der Waals surface area contributed by atoms with Crippen LogP contribution in [0.5, 0.6) is 5.75 Å². The summed E-state index contributed by atoms with van der Waals surface area (Å²) in [5, 5.41) is 16.5. The molecule has 3 aromatic carbocycles. The van der Waals surface area contributed by atoms with Crippen molar-refractivity contribution >= 4 is 11.4 Å². The van der Waals surface area contributed by atoms with Crippen LogP contribution in [-0.2, 0) is 17.0 Å². The number of anilines is 2. The minimum Gasteiger partial charge on any atom is -0.491 e. The van der Waals surface area contributed by atoms with Gasteiger partial charge in [0, 0.05) is 49.7 Å². The molecule has 2 fully saturated rings. The number of hydrogen-bond donors (Lipinski definition) is 1. The third-order valence-electron chi connectivity index (χ3n) is 9.17. The van der Waals surface area contributed by atoms with Crippen LogP contribution in [0, 0.1) is 0 Å². The zero-order valence-electron chi connectivity index (χ0n) is 26.9. The van der Waals surface area contributed by atoms with Gasteiger partial charge in [-0.1, -0.05) is 37.3 Å². The maximum absolute atomic E-state index is 12.8. The van der Waals surface area contributed by atoms with Crippen molar-refractivity contribution < 1.29 is 9.47 Å². The fraction of sp³-hybridized carbons (Fsp3) is 0.371. The molecule has 0 radical (unpaired) electrons. The maximum atomic E-state index is 12.8. The van der Waals surface area contributed by atoms with E-state index < -0.39 is 5.72 Å². The average molecular weight is 636 g/mol. The summed E-state index contributed by atoms with van der Waals surface area (Å²) in [4.78, 5) is 19.2. The summed E-state index contributed by atoms with van der Waals surface area (Å²) in [6, 6.07) is 26.7. The molecule has 3 atom stereocenters. The quantitative estimate of drug-likeness (QED) is 0.232. The highest BCUT2D eigenvalue weighted by Gasteiger charge is 2.42. The van der Waals surface area contributed by atoms with Gasteiger partial charge < -0.3 is 19.3 Å². The third kappa shape index (κ3) is 6.51. The Morgan fingerprint density at radius 3 is 2.13 bits per heavy atom. The van der Waals surface area contributed by atoms with Crippen molar-refractivity contribution in [2.45, 2.75) is 44.7 Å². The summed E-state index contributed by atoms with van der Waals surface area (Å²) in [6.07, 6.45) is 5.69. The standard InChI is InChI=1S/C35H41N9O3/c1-3-27(2)44-34(45)42(26-39-44)31-11-9-29(10-12-31)40-19-21-41(22-20-40)30-13-15-32(16-14-30)46-24-33-23-36-35(47-33,25-43-37-17-18-38-43)28-7-5-4-6-8-28/h4-18,26-27,33,36H,3,19-25H2,1-2H3/t27?,33-,35+/m1/s1. The SMILES string of the molecule is CCC(C)n1ncn(-c2ccc(N3CCN(c4ccc(OC[C@H]5CN[C@](Cn6nccn6)(c6ccccc6)O5)cc4)CC3)cc2)c1=O. The van der Waals surface area contributed by atoms with Crippen molar-refractivity contribution in [1.82, 2.24) is 34.7 Å². The van der Waals surface area contributed by atoms with Crippen LogP contribution >= 0.6 is 0 Å². The molecule has 7 rings (SSSR count). The summed E-state index contributed by atoms with van der Waals surface area (Å²) >= 11 is 0. The molecule has 2 aromatic heterocycles. The zero-order valence-corrected chi connectivity index (χ0v) is 26.9. The highest BCUT2D eigenvalue weighted by molar-refractivity contribution is 5.54. The Morgan fingerprint density at radius 1 is 0.872 bits per heavy atom. The average Bonchev–Trinajstić information content (AvgIpc) is 3.89. The van der Waals surface area contributed by atoms with E-state index in [0.717, 1.165) is 55.3 Å². The van der Waals surface area contributed by atoms with Gasteiger partial charge in [-0.15, -0.1) is 0 Å². The smallest absolute Gasteiger partial charge is 0.350 e. The van der Waals surface area contributed by atoms with Crippen LogP contribution in [0.2, 0.25) is 0 Å². The van der Waals surface area contributed by atoms with Gasteiger partial charge in [0.15, 0.2) is 5.72 Å². The van der Waals surface area contributed by atoms with Gasteiger partial charge in [-0.2, -0.15) is 20.1 Å². The van der Waals surface area contributed by atoms with Crippen molar-refractivity contribution in [2.75, 3.05) is 49.1 Å². The predicted octanol–water partition coefficient (Wildman–Crippen LogP) is 3.84. The maximum Gasteiger partial charge on any atom is 0.350 e. The topological polar surface area (TPSA) is 108 Å². The molecule has 0 spiro atoms. The molecule has 5 aromatic rings. The van der Waals surface area contributed by atoms with Crippen LogP contribution < -0.4 is 25.5 Å². The predicted molar refractivity (Wildman–Crippen MR) is 180 cm³/mol. The van der Waals surface area contributed by atoms with E-state index in [1.54, 1.807) is 32.8 Å². The Morgan fingerprint density at radius 2 is 1.49 bits per heavy atom. The van der Waals surface area contributed by atoms with Crippen LogP contribution in [0.25, 0.3) is 5.69 Å². The van der Waals surface area contributed by atoms with Gasteiger partial charge in [-0.3, -0.25) is 5.32 Å². The van der Waals surface area contributed by atoms with Crippen LogP contribution in [0.3, 0.4) is 0 Å². The molecule has 12 nitrogen and oxygen atoms in total. The monoisotopic (exact) mass is 635 g/mol. The molecule has 0 bridgehead atoms. The van der Waals surface area contributed by atoms with Gasteiger partial charge >= 0.3 is 5.69 Å². The number of rotatable bonds is 11. The largest absolute Gasteiger partial charge is 0.491 e. The molecule has 47 heavy (non-hydrogen) atoms. The van der Waals surface area contributed by atoms with Crippen molar-refractivity contribution in [1.29, 1.82) is 0 Å². The number of benzene rings is 3. The van der Waals surface area contributed by atoms with Gasteiger partial charge in [0.1, 0.15) is 31.3 Å². The summed E-state index contributed by atoms with van der Waals surface area (Å²) in [7, 11) is 0. The summed E-state index contributed by atoms with van der Waals surface area (Å²) in [5.74, 6) is 0.816. The number of ether oxygens (including phenoxy) is 2. The lowest BCUT2D eigenvalue weighted by Gasteiger charge is -2.37. The molecule has 2 aliphatic heterocycles. The third-order valence-corrected chi connectivity index (χ3v) is 9.17. The lowest BCUT2D eigenvalue weighted by atomic mass is 10.0. The van der Waals surface area contributed by atoms with Crippen LogP contribution in [-0.4, -0.2) is 74.8 Å². The normalized spacial score (nSPS) is 20.4. The van der Waals surface area contributed by atoms with Crippen LogP contribution in [0.15, 0.2) is 102 Å². The molecule has 244 valence electrons. The van der Waals surface area contributed by atoms with E-state index in [9.17, 15) is 4.79 Å². The van der Waals surface area contributed by atoms with Crippen molar-refractivity contribution in [3.63, 3.8) is 0 Å². The molecule has 1 N–H and O–H groups in total. The summed E-state index contributed by atoms with van der Waals surface area (Å²) in [6.45, 7) is 9.25. The van der Waals surface area contributed by atoms with E-state index in [1.165, 1.54) is 5.69 Å². The molecule has 1 unspecified atom stereocenters. The summed E-state index contributed by atoms with van der Waals surface area (Å²) in [5.41, 5.74) is 3.36. The van der Waals surface area contributed by atoms with E-state index >= 15 is 0 Å². The second-order valence-electron chi connectivity index (χ2n) is 12.2. The first kappa shape index (κ1) is 30.7. The number of nitrogens with one attached hydrogen (secondary N) is 1. The molecule has 2 aliphatic rings. The number of hydrogen-bond acceptors (Lipinski definition) is 9. The Hall–Kier alpha value is -4.94. The number of nitrogens with zero attached hydrogens (tertiary/aromatic N) is 8. The van der Waals surface area contributed by atoms with Gasteiger partial charge in [-0.25, -0.2) is 14.0 Å². The van der Waals surface area contributed by atoms with Crippen molar-refractivity contribution in [3.05, 3.63) is 114 Å². The van der Waals surface area contributed by atoms with E-state index in [1.807, 2.05) is 49.4 Å². The Kier molecular flexibility index (Phi) is 8.77. The first-order valence-electron chi connectivity index (χ1n) is 16.3. The Balaban J connectivity index is 0.913. The highest BCUT2D eigenvalue weighted by Crippen LogP contribution is 2.31. The zero-order chi connectivity index (χ0) is 32.2. The Labute approximate surface area is 274 Å². The van der Waals surface area contributed by atoms with E-state index in [2.05, 4.69) is 73.7 Å². The fourth-order valence-electron chi connectivity index (χ4n) is 6.28. The second kappa shape index (κ2) is 13.4. The van der Waals surface area contributed by atoms with Gasteiger partial charge in [0.25, 0.3) is 0 Å². The molecule has 12 heteroatoms. The second-order valence-corrected chi connectivity index (χ2v) is 12.2. The van der Waals surface area contributed by atoms with Crippen molar-refractivity contribution in [3.8, 4) is 11.4 Å². The van der Waals surface area contributed by atoms with E-state index in [4.69, 9.17) is 9.47 Å². The first-order chi connectivity index (χ1) is 23.0. The minimum atomic E-state index is -0.723. The molecule has 0 amide bonds. The van der Waals surface area contributed by atoms with E-state index in [-0.39, 0.29) is 17.8 Å². The molecular formula is C35H41N9O3. The fourth-order valence-corrected chi connectivity index (χ4v) is 6.28. The van der Waals surface area contributed by atoms with E-state index in [0.29, 0.717) is 19.7 Å². The van der Waals surface area contributed by atoms with Gasteiger partial charge in [0.05, 0.1) is 24.1 Å². The Bertz CT molecular complexity index is 1780. The first-order valence-corrected chi connectivity index (χ1v) is 16.3. The molecule has 4 heterocycles. The van der Waals surface area contributed by atoms with Crippen LogP contribution in [0.1, 0.15) is 31.9 Å². The number of piperazine rings is 1. The number of aromatic nitrogens is 6. The summed E-state index contributed by atoms with van der Waals surface area (Å²) < 4.78 is 15.9. The highest BCUT2D eigenvalue weighted by atomic mass is 16.6. The van der Waals surface area contributed by atoms with Gasteiger partial charge in [0.2, 0.25) is 0 Å². The van der Waals surface area contributed by atoms with Crippen LogP contribution in [0.4, 0.5) is 11.4 Å². The lowest BCUT2D eigenvalue weighted by molar-refractivity contribution is -0.0819. The molecule has 0 aliphatic carbocycles. The lowest BCUT2D eigenvalue weighted by Crippen LogP contribution is -2.46. The molecular weight excluding hydrogens is 594 g/mol. The van der Waals surface area contributed by atoms with Gasteiger partial charge in [-0.05, 0) is 61.9 Å². The minimum absolute atomic E-state index is 0.0744. The van der Waals surface area contributed by atoms with Crippen molar-refractivity contribution in [2.24, 2.45) is 0 Å².